The van der Waals surface area contributed by atoms with Gasteiger partial charge in [0.15, 0.2) is 0 Å². The molecule has 0 aromatic heterocycles. The number of aryl methyl sites for hydroxylation is 1. The molecule has 1 amide bonds. The number of fused-ring (bicyclic) bond motifs is 1. The number of hydrogen-bond acceptors (Lipinski definition) is 1. The van der Waals surface area contributed by atoms with E-state index in [-0.39, 0.29) is 5.91 Å². The van der Waals surface area contributed by atoms with Crippen LogP contribution in [0.25, 0.3) is 0 Å². The molecule has 2 heteroatoms. The van der Waals surface area contributed by atoms with E-state index in [0.29, 0.717) is 6.42 Å². The van der Waals surface area contributed by atoms with Crippen LogP contribution >= 0.6 is 0 Å². The molecule has 90 valence electrons. The molecule has 3 rings (SSSR count). The molecule has 0 spiro atoms. The lowest BCUT2D eigenvalue weighted by Gasteiger charge is -2.20. The average Bonchev–Trinajstić information content (AvgIpc) is 2.74. The van der Waals surface area contributed by atoms with Crippen molar-refractivity contribution >= 4 is 17.3 Å². The first-order valence-electron chi connectivity index (χ1n) is 6.30. The predicted octanol–water partition coefficient (Wildman–Crippen LogP) is 3.47. The number of benzene rings is 2. The Morgan fingerprint density at radius 2 is 1.67 bits per heavy atom. The predicted molar refractivity (Wildman–Crippen MR) is 73.1 cm³/mol. The van der Waals surface area contributed by atoms with E-state index >= 15 is 0 Å². The number of amides is 1. The lowest BCUT2D eigenvalue weighted by molar-refractivity contribution is -0.116. The Kier molecular flexibility index (Phi) is 2.63. The zero-order chi connectivity index (χ0) is 12.5. The summed E-state index contributed by atoms with van der Waals surface area (Å²) in [6.45, 7) is 2.12. The third-order valence-electron chi connectivity index (χ3n) is 3.44. The van der Waals surface area contributed by atoms with Crippen molar-refractivity contribution in [1.29, 1.82) is 0 Å². The summed E-state index contributed by atoms with van der Waals surface area (Å²) in [7, 11) is 0. The van der Waals surface area contributed by atoms with E-state index in [1.165, 1.54) is 5.56 Å². The van der Waals surface area contributed by atoms with Crippen molar-refractivity contribution in [2.45, 2.75) is 19.8 Å². The van der Waals surface area contributed by atoms with Crippen molar-refractivity contribution in [3.63, 3.8) is 0 Å². The molecule has 0 radical (unpaired) electrons. The van der Waals surface area contributed by atoms with E-state index in [0.717, 1.165) is 23.4 Å². The quantitative estimate of drug-likeness (QED) is 0.783. The van der Waals surface area contributed by atoms with Crippen molar-refractivity contribution in [1.82, 2.24) is 0 Å². The van der Waals surface area contributed by atoms with Crippen LogP contribution in [0.3, 0.4) is 0 Å². The van der Waals surface area contributed by atoms with Gasteiger partial charge >= 0.3 is 0 Å². The summed E-state index contributed by atoms with van der Waals surface area (Å²) in [6, 6.07) is 16.1. The number of rotatable bonds is 2. The Hall–Kier alpha value is -2.09. The molecule has 0 fully saturated rings. The smallest absolute Gasteiger partial charge is 0.236 e. The van der Waals surface area contributed by atoms with Crippen LogP contribution in [0.15, 0.2) is 48.5 Å². The molecular weight excluding hydrogens is 222 g/mol. The molecule has 1 heterocycles. The molecule has 0 bridgehead atoms. The Bertz CT molecular complexity index is 604. The molecule has 0 saturated carbocycles. The molecular formula is C16H15NO. The second-order valence-electron chi connectivity index (χ2n) is 4.52. The summed E-state index contributed by atoms with van der Waals surface area (Å²) < 4.78 is 0. The lowest BCUT2D eigenvalue weighted by Crippen LogP contribution is -2.21. The Labute approximate surface area is 107 Å². The van der Waals surface area contributed by atoms with Crippen LogP contribution in [0.5, 0.6) is 0 Å². The Morgan fingerprint density at radius 3 is 2.44 bits per heavy atom. The van der Waals surface area contributed by atoms with Crippen LogP contribution in [-0.2, 0) is 17.6 Å². The van der Waals surface area contributed by atoms with Crippen LogP contribution < -0.4 is 4.90 Å². The fourth-order valence-corrected chi connectivity index (χ4v) is 2.55. The van der Waals surface area contributed by atoms with Crippen molar-refractivity contribution in [2.75, 3.05) is 4.90 Å². The lowest BCUT2D eigenvalue weighted by atomic mass is 10.1. The van der Waals surface area contributed by atoms with E-state index in [1.54, 1.807) is 0 Å². The zero-order valence-corrected chi connectivity index (χ0v) is 10.4. The summed E-state index contributed by atoms with van der Waals surface area (Å²) in [5.41, 5.74) is 4.38. The van der Waals surface area contributed by atoms with Crippen LogP contribution in [0, 0.1) is 0 Å². The summed E-state index contributed by atoms with van der Waals surface area (Å²) in [4.78, 5) is 14.1. The number of carbonyl (C=O) groups is 1. The highest BCUT2D eigenvalue weighted by atomic mass is 16.2. The van der Waals surface area contributed by atoms with E-state index in [2.05, 4.69) is 13.0 Å². The zero-order valence-electron chi connectivity index (χ0n) is 10.4. The van der Waals surface area contributed by atoms with Gasteiger partial charge in [0.2, 0.25) is 5.91 Å². The van der Waals surface area contributed by atoms with Gasteiger partial charge in [-0.2, -0.15) is 0 Å². The summed E-state index contributed by atoms with van der Waals surface area (Å²) in [6.07, 6.45) is 1.44. The minimum atomic E-state index is 0.164. The average molecular weight is 237 g/mol. The third kappa shape index (κ3) is 1.61. The number of para-hydroxylation sites is 2. The van der Waals surface area contributed by atoms with Crippen molar-refractivity contribution in [3.05, 3.63) is 59.7 Å². The highest BCUT2D eigenvalue weighted by Crippen LogP contribution is 2.36. The van der Waals surface area contributed by atoms with Gasteiger partial charge in [0.05, 0.1) is 17.8 Å². The third-order valence-corrected chi connectivity index (χ3v) is 3.44. The molecule has 1 aliphatic rings. The molecule has 18 heavy (non-hydrogen) atoms. The molecule has 1 aliphatic heterocycles. The van der Waals surface area contributed by atoms with Crippen LogP contribution in [0.1, 0.15) is 18.1 Å². The van der Waals surface area contributed by atoms with Crippen LogP contribution in [-0.4, -0.2) is 5.91 Å². The van der Waals surface area contributed by atoms with Gasteiger partial charge in [-0.15, -0.1) is 0 Å². The highest BCUT2D eigenvalue weighted by molar-refractivity contribution is 6.07. The fraction of sp³-hybridized carbons (Fsp3) is 0.188. The molecule has 0 atom stereocenters. The van der Waals surface area contributed by atoms with Gasteiger partial charge in [0.25, 0.3) is 0 Å². The highest BCUT2D eigenvalue weighted by Gasteiger charge is 2.28. The monoisotopic (exact) mass is 237 g/mol. The normalized spacial score (nSPS) is 13.8. The second kappa shape index (κ2) is 4.30. The van der Waals surface area contributed by atoms with Crippen molar-refractivity contribution in [2.24, 2.45) is 0 Å². The number of carbonyl (C=O) groups excluding carboxylic acids is 1. The number of nitrogens with zero attached hydrogens (tertiary/aromatic N) is 1. The van der Waals surface area contributed by atoms with E-state index < -0.39 is 0 Å². The van der Waals surface area contributed by atoms with Gasteiger partial charge in [-0.25, -0.2) is 0 Å². The molecule has 0 saturated heterocycles. The van der Waals surface area contributed by atoms with Gasteiger partial charge in [-0.05, 0) is 29.7 Å². The van der Waals surface area contributed by atoms with Gasteiger partial charge in [-0.1, -0.05) is 43.3 Å². The minimum Gasteiger partial charge on any atom is -0.280 e. The minimum absolute atomic E-state index is 0.164. The summed E-state index contributed by atoms with van der Waals surface area (Å²) >= 11 is 0. The Balaban J connectivity index is 2.15. The van der Waals surface area contributed by atoms with E-state index in [1.807, 2.05) is 47.4 Å². The first kappa shape index (κ1) is 11.0. The Morgan fingerprint density at radius 1 is 1.00 bits per heavy atom. The van der Waals surface area contributed by atoms with Crippen molar-refractivity contribution < 1.29 is 4.79 Å². The van der Waals surface area contributed by atoms with Crippen molar-refractivity contribution in [3.8, 4) is 0 Å². The van der Waals surface area contributed by atoms with Gasteiger partial charge < -0.3 is 0 Å². The summed E-state index contributed by atoms with van der Waals surface area (Å²) in [5.74, 6) is 0.164. The standard InChI is InChI=1S/C16H15NO/c1-2-12-7-3-5-9-14(12)17-15-10-6-4-8-13(15)11-16(17)18/h3-10H,2,11H2,1H3. The molecule has 2 nitrogen and oxygen atoms in total. The molecule has 0 N–H and O–H groups in total. The molecule has 0 aliphatic carbocycles. The van der Waals surface area contributed by atoms with Gasteiger partial charge in [-0.3, -0.25) is 9.69 Å². The second-order valence-corrected chi connectivity index (χ2v) is 4.52. The topological polar surface area (TPSA) is 20.3 Å². The first-order valence-corrected chi connectivity index (χ1v) is 6.30. The maximum Gasteiger partial charge on any atom is 0.236 e. The molecule has 2 aromatic carbocycles. The molecule has 2 aromatic rings. The van der Waals surface area contributed by atoms with Crippen LogP contribution in [0.4, 0.5) is 11.4 Å². The van der Waals surface area contributed by atoms with E-state index in [4.69, 9.17) is 0 Å². The van der Waals surface area contributed by atoms with Crippen LogP contribution in [0.2, 0.25) is 0 Å². The SMILES string of the molecule is CCc1ccccc1N1C(=O)Cc2ccccc21. The largest absolute Gasteiger partial charge is 0.280 e. The van der Waals surface area contributed by atoms with Gasteiger partial charge in [0.1, 0.15) is 0 Å². The fourth-order valence-electron chi connectivity index (χ4n) is 2.55. The molecule has 0 unspecified atom stereocenters. The summed E-state index contributed by atoms with van der Waals surface area (Å²) in [5, 5.41) is 0. The number of hydrogen-bond donors (Lipinski definition) is 0. The maximum atomic E-state index is 12.2. The first-order chi connectivity index (χ1) is 8.81. The maximum absolute atomic E-state index is 12.2. The van der Waals surface area contributed by atoms with Gasteiger partial charge in [0, 0.05) is 0 Å². The van der Waals surface area contributed by atoms with E-state index in [9.17, 15) is 4.79 Å². The number of anilines is 2.